The van der Waals surface area contributed by atoms with Crippen LogP contribution < -0.4 is 10.6 Å². The molecule has 2 aromatic rings. The van der Waals surface area contributed by atoms with E-state index in [0.29, 0.717) is 22.9 Å². The highest BCUT2D eigenvalue weighted by molar-refractivity contribution is 6.34. The van der Waals surface area contributed by atoms with Crippen LogP contribution in [0.4, 0.5) is 11.5 Å². The van der Waals surface area contributed by atoms with E-state index in [9.17, 15) is 0 Å². The fourth-order valence-electron chi connectivity index (χ4n) is 2.11. The lowest BCUT2D eigenvalue weighted by molar-refractivity contribution is 0.755. The minimum absolute atomic E-state index is 0.406. The number of rotatable bonds is 5. The molecule has 0 radical (unpaired) electrons. The number of nitriles is 1. The number of hydrogen-bond acceptors (Lipinski definition) is 4. The van der Waals surface area contributed by atoms with E-state index in [4.69, 9.17) is 22.6 Å². The lowest BCUT2D eigenvalue weighted by atomic mass is 10.2. The van der Waals surface area contributed by atoms with Gasteiger partial charge >= 0.3 is 0 Å². The molecule has 0 bridgehead atoms. The first-order valence-electron chi connectivity index (χ1n) is 6.79. The number of aromatic nitrogens is 1. The molecule has 2 rings (SSSR count). The average molecular weight is 301 g/mol. The molecule has 4 nitrogen and oxygen atoms in total. The van der Waals surface area contributed by atoms with Gasteiger partial charge in [-0.1, -0.05) is 30.7 Å². The molecule has 1 aromatic carbocycles. The van der Waals surface area contributed by atoms with Crippen LogP contribution >= 0.6 is 11.6 Å². The smallest absolute Gasteiger partial charge is 0.149 e. The summed E-state index contributed by atoms with van der Waals surface area (Å²) in [6.45, 7) is 3.58. The number of hydrogen-bond donors (Lipinski definition) is 1. The van der Waals surface area contributed by atoms with Crippen LogP contribution in [-0.2, 0) is 6.54 Å². The standard InChI is InChI=1S/C16H17ClN4/c1-2-9-21(11-12-3-5-14(19)6-4-12)16-15(17)13(10-18)7-8-20-16/h3-8H,2,9,11,19H2,1H3. The molecule has 0 spiro atoms. The second-order valence-electron chi connectivity index (χ2n) is 4.77. The molecule has 0 aliphatic heterocycles. The van der Waals surface area contributed by atoms with Crippen molar-refractivity contribution in [2.24, 2.45) is 0 Å². The summed E-state index contributed by atoms with van der Waals surface area (Å²) in [6.07, 6.45) is 2.58. The highest BCUT2D eigenvalue weighted by Crippen LogP contribution is 2.27. The lowest BCUT2D eigenvalue weighted by Gasteiger charge is -2.24. The third-order valence-electron chi connectivity index (χ3n) is 3.14. The summed E-state index contributed by atoms with van der Waals surface area (Å²) in [5, 5.41) is 9.49. The first kappa shape index (κ1) is 15.1. The Bertz CT molecular complexity index is 646. The van der Waals surface area contributed by atoms with Crippen LogP contribution in [0, 0.1) is 11.3 Å². The van der Waals surface area contributed by atoms with E-state index in [0.717, 1.165) is 24.2 Å². The highest BCUT2D eigenvalue weighted by atomic mass is 35.5. The summed E-state index contributed by atoms with van der Waals surface area (Å²) < 4.78 is 0. The van der Waals surface area contributed by atoms with Crippen LogP contribution in [0.25, 0.3) is 0 Å². The largest absolute Gasteiger partial charge is 0.399 e. The van der Waals surface area contributed by atoms with Gasteiger partial charge in [0, 0.05) is 25.0 Å². The van der Waals surface area contributed by atoms with Crippen molar-refractivity contribution < 1.29 is 0 Å². The van der Waals surface area contributed by atoms with Crippen molar-refractivity contribution in [2.45, 2.75) is 19.9 Å². The molecular weight excluding hydrogens is 284 g/mol. The maximum absolute atomic E-state index is 9.08. The normalized spacial score (nSPS) is 10.1. The Morgan fingerprint density at radius 3 is 2.62 bits per heavy atom. The van der Waals surface area contributed by atoms with E-state index >= 15 is 0 Å². The van der Waals surface area contributed by atoms with Gasteiger partial charge in [-0.05, 0) is 30.2 Å². The molecule has 2 N–H and O–H groups in total. The molecule has 0 amide bonds. The van der Waals surface area contributed by atoms with Gasteiger partial charge in [0.05, 0.1) is 5.56 Å². The van der Waals surface area contributed by atoms with Gasteiger partial charge in [-0.2, -0.15) is 5.26 Å². The predicted octanol–water partition coefficient (Wildman–Crippen LogP) is 3.61. The predicted molar refractivity (Wildman–Crippen MR) is 86.2 cm³/mol. The molecule has 0 saturated heterocycles. The van der Waals surface area contributed by atoms with Crippen molar-refractivity contribution in [2.75, 3.05) is 17.2 Å². The third kappa shape index (κ3) is 3.65. The van der Waals surface area contributed by atoms with Crippen LogP contribution in [0.5, 0.6) is 0 Å². The number of nitrogen functional groups attached to an aromatic ring is 1. The lowest BCUT2D eigenvalue weighted by Crippen LogP contribution is -2.25. The van der Waals surface area contributed by atoms with Crippen LogP contribution in [0.1, 0.15) is 24.5 Å². The summed E-state index contributed by atoms with van der Waals surface area (Å²) in [7, 11) is 0. The molecule has 5 heteroatoms. The molecule has 1 aromatic heterocycles. The van der Waals surface area contributed by atoms with E-state index in [1.165, 1.54) is 0 Å². The molecular formula is C16H17ClN4. The number of pyridine rings is 1. The molecule has 21 heavy (non-hydrogen) atoms. The zero-order valence-electron chi connectivity index (χ0n) is 11.9. The van der Waals surface area contributed by atoms with Gasteiger partial charge in [-0.3, -0.25) is 0 Å². The molecule has 0 aliphatic carbocycles. The zero-order chi connectivity index (χ0) is 15.2. The van der Waals surface area contributed by atoms with Gasteiger partial charge in [0.25, 0.3) is 0 Å². The summed E-state index contributed by atoms with van der Waals surface area (Å²) in [5.74, 6) is 0.648. The highest BCUT2D eigenvalue weighted by Gasteiger charge is 2.14. The summed E-state index contributed by atoms with van der Waals surface area (Å²) in [6, 6.07) is 11.4. The first-order chi connectivity index (χ1) is 10.2. The number of anilines is 2. The quantitative estimate of drug-likeness (QED) is 0.857. The molecule has 0 unspecified atom stereocenters. The molecule has 108 valence electrons. The second kappa shape index (κ2) is 6.96. The van der Waals surface area contributed by atoms with Gasteiger partial charge in [0.15, 0.2) is 0 Å². The van der Waals surface area contributed by atoms with Crippen LogP contribution in [0.2, 0.25) is 5.02 Å². The van der Waals surface area contributed by atoms with Crippen molar-refractivity contribution in [1.82, 2.24) is 4.98 Å². The van der Waals surface area contributed by atoms with Crippen molar-refractivity contribution >= 4 is 23.1 Å². The zero-order valence-corrected chi connectivity index (χ0v) is 12.6. The SMILES string of the molecule is CCCN(Cc1ccc(N)cc1)c1nccc(C#N)c1Cl. The van der Waals surface area contributed by atoms with Gasteiger partial charge in [0.2, 0.25) is 0 Å². The fourth-order valence-corrected chi connectivity index (χ4v) is 2.39. The fraction of sp³-hybridized carbons (Fsp3) is 0.250. The van der Waals surface area contributed by atoms with E-state index in [1.807, 2.05) is 24.3 Å². The van der Waals surface area contributed by atoms with Crippen LogP contribution in [0.15, 0.2) is 36.5 Å². The van der Waals surface area contributed by atoms with Crippen molar-refractivity contribution in [3.63, 3.8) is 0 Å². The van der Waals surface area contributed by atoms with E-state index in [2.05, 4.69) is 22.9 Å². The maximum Gasteiger partial charge on any atom is 0.149 e. The Kier molecular flexibility index (Phi) is 5.02. The number of halogens is 1. The Hall–Kier alpha value is -2.25. The molecule has 0 fully saturated rings. The van der Waals surface area contributed by atoms with Gasteiger partial charge < -0.3 is 10.6 Å². The number of benzene rings is 1. The minimum atomic E-state index is 0.406. The third-order valence-corrected chi connectivity index (χ3v) is 3.51. The summed E-state index contributed by atoms with van der Waals surface area (Å²) in [4.78, 5) is 6.42. The van der Waals surface area contributed by atoms with Crippen molar-refractivity contribution in [3.05, 3.63) is 52.7 Å². The molecule has 0 atom stereocenters. The molecule has 0 aliphatic rings. The average Bonchev–Trinajstić information content (AvgIpc) is 2.49. The number of nitrogens with zero attached hydrogens (tertiary/aromatic N) is 3. The minimum Gasteiger partial charge on any atom is -0.399 e. The monoisotopic (exact) mass is 300 g/mol. The Labute approximate surface area is 129 Å². The Balaban J connectivity index is 2.31. The topological polar surface area (TPSA) is 65.9 Å². The first-order valence-corrected chi connectivity index (χ1v) is 7.17. The maximum atomic E-state index is 9.08. The van der Waals surface area contributed by atoms with Gasteiger partial charge in [0.1, 0.15) is 16.9 Å². The molecule has 0 saturated carbocycles. The van der Waals surface area contributed by atoms with E-state index < -0.39 is 0 Å². The van der Waals surface area contributed by atoms with E-state index in [-0.39, 0.29) is 0 Å². The summed E-state index contributed by atoms with van der Waals surface area (Å²) in [5.41, 5.74) is 8.01. The van der Waals surface area contributed by atoms with Crippen LogP contribution in [0.3, 0.4) is 0 Å². The van der Waals surface area contributed by atoms with Gasteiger partial charge in [-0.25, -0.2) is 4.98 Å². The summed E-state index contributed by atoms with van der Waals surface area (Å²) >= 11 is 6.28. The number of nitrogens with two attached hydrogens (primary N) is 1. The second-order valence-corrected chi connectivity index (χ2v) is 5.15. The van der Waals surface area contributed by atoms with Crippen molar-refractivity contribution in [1.29, 1.82) is 5.26 Å². The van der Waals surface area contributed by atoms with Gasteiger partial charge in [-0.15, -0.1) is 0 Å². The van der Waals surface area contributed by atoms with Crippen LogP contribution in [-0.4, -0.2) is 11.5 Å². The Morgan fingerprint density at radius 1 is 1.29 bits per heavy atom. The Morgan fingerprint density at radius 2 is 2.00 bits per heavy atom. The van der Waals surface area contributed by atoms with Crippen molar-refractivity contribution in [3.8, 4) is 6.07 Å². The van der Waals surface area contributed by atoms with E-state index in [1.54, 1.807) is 12.3 Å². The molecule has 1 heterocycles.